The summed E-state index contributed by atoms with van der Waals surface area (Å²) in [6.45, 7) is 1.91. The maximum absolute atomic E-state index is 9.82. The van der Waals surface area contributed by atoms with Crippen LogP contribution in [0.5, 0.6) is 0 Å². The molecule has 2 aromatic rings. The van der Waals surface area contributed by atoms with Crippen molar-refractivity contribution in [3.8, 4) is 0 Å². The molecule has 0 saturated carbocycles. The quantitative estimate of drug-likeness (QED) is 0.807. The standard InChI is InChI=1S/C9H9N3OS/c1-6-4-10-9(11-5-6)8(13)7-2-3-12-14-7/h2-5,8,13H,1H3. The van der Waals surface area contributed by atoms with Gasteiger partial charge in [-0.25, -0.2) is 14.3 Å². The predicted molar refractivity (Wildman–Crippen MR) is 52.9 cm³/mol. The van der Waals surface area contributed by atoms with Gasteiger partial charge in [-0.3, -0.25) is 0 Å². The minimum atomic E-state index is -0.761. The Hall–Kier alpha value is -1.33. The van der Waals surface area contributed by atoms with Crippen molar-refractivity contribution >= 4 is 11.5 Å². The van der Waals surface area contributed by atoms with Crippen LogP contribution in [0.4, 0.5) is 0 Å². The van der Waals surface area contributed by atoms with Gasteiger partial charge in [-0.1, -0.05) is 0 Å². The van der Waals surface area contributed by atoms with Crippen LogP contribution in [0.2, 0.25) is 0 Å². The molecule has 1 unspecified atom stereocenters. The number of nitrogens with zero attached hydrogens (tertiary/aromatic N) is 3. The Balaban J connectivity index is 2.28. The largest absolute Gasteiger partial charge is 0.379 e. The van der Waals surface area contributed by atoms with Crippen LogP contribution in [0.15, 0.2) is 24.7 Å². The number of hydrogen-bond acceptors (Lipinski definition) is 5. The van der Waals surface area contributed by atoms with Gasteiger partial charge in [0.05, 0.1) is 4.88 Å². The zero-order valence-electron chi connectivity index (χ0n) is 7.58. The van der Waals surface area contributed by atoms with Crippen molar-refractivity contribution in [2.45, 2.75) is 13.0 Å². The second kappa shape index (κ2) is 3.81. The highest BCUT2D eigenvalue weighted by Gasteiger charge is 2.14. The van der Waals surface area contributed by atoms with Gasteiger partial charge >= 0.3 is 0 Å². The van der Waals surface area contributed by atoms with Crippen LogP contribution in [0.1, 0.15) is 22.4 Å². The van der Waals surface area contributed by atoms with Crippen LogP contribution >= 0.6 is 11.5 Å². The van der Waals surface area contributed by atoms with Crippen LogP contribution in [-0.4, -0.2) is 19.4 Å². The molecule has 4 nitrogen and oxygen atoms in total. The molecule has 0 aliphatic heterocycles. The van der Waals surface area contributed by atoms with Crippen LogP contribution in [0.3, 0.4) is 0 Å². The van der Waals surface area contributed by atoms with Crippen molar-refractivity contribution in [3.05, 3.63) is 40.9 Å². The summed E-state index contributed by atoms with van der Waals surface area (Å²) in [4.78, 5) is 8.86. The van der Waals surface area contributed by atoms with E-state index in [1.165, 1.54) is 11.5 Å². The van der Waals surface area contributed by atoms with Gasteiger partial charge in [0.25, 0.3) is 0 Å². The van der Waals surface area contributed by atoms with Crippen molar-refractivity contribution in [1.29, 1.82) is 0 Å². The minimum Gasteiger partial charge on any atom is -0.379 e. The number of aliphatic hydroxyl groups is 1. The average molecular weight is 207 g/mol. The van der Waals surface area contributed by atoms with Crippen molar-refractivity contribution < 1.29 is 5.11 Å². The molecule has 2 rings (SSSR count). The van der Waals surface area contributed by atoms with Gasteiger partial charge in [0.2, 0.25) is 0 Å². The average Bonchev–Trinajstić information content (AvgIpc) is 2.71. The fraction of sp³-hybridized carbons (Fsp3) is 0.222. The zero-order valence-corrected chi connectivity index (χ0v) is 8.40. The molecule has 0 aliphatic carbocycles. The summed E-state index contributed by atoms with van der Waals surface area (Å²) >= 11 is 1.25. The second-order valence-electron chi connectivity index (χ2n) is 2.94. The van der Waals surface area contributed by atoms with Gasteiger partial charge in [-0.05, 0) is 30.1 Å². The van der Waals surface area contributed by atoms with Crippen molar-refractivity contribution in [2.24, 2.45) is 0 Å². The van der Waals surface area contributed by atoms with E-state index in [-0.39, 0.29) is 0 Å². The molecule has 0 saturated heterocycles. The smallest absolute Gasteiger partial charge is 0.162 e. The number of aromatic nitrogens is 3. The molecule has 1 N–H and O–H groups in total. The summed E-state index contributed by atoms with van der Waals surface area (Å²) in [6.07, 6.45) is 4.26. The molecule has 0 bridgehead atoms. The van der Waals surface area contributed by atoms with E-state index >= 15 is 0 Å². The Morgan fingerprint density at radius 2 is 2.07 bits per heavy atom. The Morgan fingerprint density at radius 1 is 1.36 bits per heavy atom. The first-order chi connectivity index (χ1) is 6.77. The maximum Gasteiger partial charge on any atom is 0.162 e. The summed E-state index contributed by atoms with van der Waals surface area (Å²) in [7, 11) is 0. The van der Waals surface area contributed by atoms with Gasteiger partial charge in [0, 0.05) is 18.6 Å². The molecular weight excluding hydrogens is 198 g/mol. The predicted octanol–water partition coefficient (Wildman–Crippen LogP) is 1.32. The molecule has 0 radical (unpaired) electrons. The highest BCUT2D eigenvalue weighted by atomic mass is 32.1. The topological polar surface area (TPSA) is 58.9 Å². The van der Waals surface area contributed by atoms with E-state index < -0.39 is 6.10 Å². The third kappa shape index (κ3) is 1.78. The van der Waals surface area contributed by atoms with Gasteiger partial charge in [0.1, 0.15) is 6.10 Å². The monoisotopic (exact) mass is 207 g/mol. The summed E-state index contributed by atoms with van der Waals surface area (Å²) < 4.78 is 3.91. The van der Waals surface area contributed by atoms with E-state index in [0.29, 0.717) is 5.82 Å². The van der Waals surface area contributed by atoms with Gasteiger partial charge in [-0.2, -0.15) is 0 Å². The van der Waals surface area contributed by atoms with Gasteiger partial charge in [0.15, 0.2) is 5.82 Å². The van der Waals surface area contributed by atoms with E-state index in [4.69, 9.17) is 0 Å². The highest BCUT2D eigenvalue weighted by molar-refractivity contribution is 7.05. The highest BCUT2D eigenvalue weighted by Crippen LogP contribution is 2.20. The third-order valence-corrected chi connectivity index (χ3v) is 2.57. The number of aryl methyl sites for hydroxylation is 1. The molecule has 0 aromatic carbocycles. The van der Waals surface area contributed by atoms with E-state index in [0.717, 1.165) is 10.4 Å². The van der Waals surface area contributed by atoms with Crippen molar-refractivity contribution in [1.82, 2.24) is 14.3 Å². The van der Waals surface area contributed by atoms with Crippen LogP contribution in [-0.2, 0) is 0 Å². The van der Waals surface area contributed by atoms with E-state index in [1.54, 1.807) is 24.7 Å². The first-order valence-electron chi connectivity index (χ1n) is 4.14. The fourth-order valence-electron chi connectivity index (χ4n) is 1.04. The molecule has 2 heterocycles. The van der Waals surface area contributed by atoms with Crippen molar-refractivity contribution in [2.75, 3.05) is 0 Å². The van der Waals surface area contributed by atoms with Crippen LogP contribution < -0.4 is 0 Å². The lowest BCUT2D eigenvalue weighted by molar-refractivity contribution is 0.213. The Labute approximate surface area is 85.5 Å². The van der Waals surface area contributed by atoms with E-state index in [2.05, 4.69) is 14.3 Å². The summed E-state index contributed by atoms with van der Waals surface area (Å²) in [6, 6.07) is 1.76. The summed E-state index contributed by atoms with van der Waals surface area (Å²) in [5, 5.41) is 9.82. The molecule has 0 fully saturated rings. The first kappa shape index (κ1) is 9.23. The third-order valence-electron chi connectivity index (χ3n) is 1.77. The maximum atomic E-state index is 9.82. The van der Waals surface area contributed by atoms with Gasteiger partial charge in [-0.15, -0.1) is 0 Å². The number of aliphatic hydroxyl groups excluding tert-OH is 1. The Kier molecular flexibility index (Phi) is 2.51. The Bertz CT molecular complexity index is 399. The number of hydrogen-bond donors (Lipinski definition) is 1. The molecule has 0 amide bonds. The van der Waals surface area contributed by atoms with E-state index in [9.17, 15) is 5.11 Å². The van der Waals surface area contributed by atoms with Gasteiger partial charge < -0.3 is 5.11 Å². The molecular formula is C9H9N3OS. The van der Waals surface area contributed by atoms with Crippen LogP contribution in [0, 0.1) is 6.92 Å². The molecule has 72 valence electrons. The number of rotatable bonds is 2. The molecule has 1 atom stereocenters. The van der Waals surface area contributed by atoms with E-state index in [1.807, 2.05) is 6.92 Å². The summed E-state index contributed by atoms with van der Waals surface area (Å²) in [5.74, 6) is 0.417. The zero-order chi connectivity index (χ0) is 9.97. The lowest BCUT2D eigenvalue weighted by Gasteiger charge is -2.05. The fourth-order valence-corrected chi connectivity index (χ4v) is 1.61. The SMILES string of the molecule is Cc1cnc(C(O)c2ccns2)nc1. The first-order valence-corrected chi connectivity index (χ1v) is 4.92. The molecule has 2 aromatic heterocycles. The Morgan fingerprint density at radius 3 is 2.64 bits per heavy atom. The molecule has 5 heteroatoms. The normalized spacial score (nSPS) is 12.7. The summed E-state index contributed by atoms with van der Waals surface area (Å²) in [5.41, 5.74) is 0.977. The molecule has 0 spiro atoms. The minimum absolute atomic E-state index is 0.417. The lowest BCUT2D eigenvalue weighted by atomic mass is 10.2. The molecule has 14 heavy (non-hydrogen) atoms. The lowest BCUT2D eigenvalue weighted by Crippen LogP contribution is -2.03. The van der Waals surface area contributed by atoms with Crippen molar-refractivity contribution in [3.63, 3.8) is 0 Å². The second-order valence-corrected chi connectivity index (χ2v) is 3.80. The van der Waals surface area contributed by atoms with Crippen LogP contribution in [0.25, 0.3) is 0 Å². The molecule has 0 aliphatic rings.